The summed E-state index contributed by atoms with van der Waals surface area (Å²) < 4.78 is 2.27. The Kier molecular flexibility index (Phi) is 4.55. The molecule has 1 saturated heterocycles. The number of nitrogens with one attached hydrogen (secondary N) is 1. The molecule has 2 aliphatic rings. The molecule has 2 aliphatic heterocycles. The van der Waals surface area contributed by atoms with Crippen molar-refractivity contribution in [1.82, 2.24) is 24.8 Å². The Morgan fingerprint density at radius 3 is 2.84 bits per heavy atom. The molecule has 0 radical (unpaired) electrons. The maximum Gasteiger partial charge on any atom is 0.223 e. The van der Waals surface area contributed by atoms with E-state index < -0.39 is 0 Å². The van der Waals surface area contributed by atoms with Crippen LogP contribution in [0.1, 0.15) is 44.9 Å². The molecule has 7 nitrogen and oxygen atoms in total. The van der Waals surface area contributed by atoms with Gasteiger partial charge in [0.05, 0.1) is 0 Å². The molecule has 4 heterocycles. The molecule has 0 aromatic carbocycles. The van der Waals surface area contributed by atoms with Crippen molar-refractivity contribution in [3.8, 4) is 0 Å². The van der Waals surface area contributed by atoms with E-state index in [9.17, 15) is 4.79 Å². The van der Waals surface area contributed by atoms with Crippen LogP contribution >= 0.6 is 0 Å². The van der Waals surface area contributed by atoms with Crippen LogP contribution in [0.15, 0.2) is 6.33 Å². The zero-order valence-corrected chi connectivity index (χ0v) is 14.9. The van der Waals surface area contributed by atoms with E-state index in [1.165, 1.54) is 19.3 Å². The first-order valence-electron chi connectivity index (χ1n) is 9.50. The molecule has 25 heavy (non-hydrogen) atoms. The predicted octanol–water partition coefficient (Wildman–Crippen LogP) is 1.91. The fourth-order valence-electron chi connectivity index (χ4n) is 4.03. The smallest absolute Gasteiger partial charge is 0.223 e. The lowest BCUT2D eigenvalue weighted by Crippen LogP contribution is -2.40. The van der Waals surface area contributed by atoms with E-state index in [4.69, 9.17) is 4.98 Å². The Balaban J connectivity index is 1.57. The first-order valence-corrected chi connectivity index (χ1v) is 9.50. The molecular weight excluding hydrogens is 316 g/mol. The van der Waals surface area contributed by atoms with Gasteiger partial charge in [-0.2, -0.15) is 0 Å². The van der Waals surface area contributed by atoms with Gasteiger partial charge in [0.25, 0.3) is 0 Å². The summed E-state index contributed by atoms with van der Waals surface area (Å²) in [6.07, 6.45) is 8.06. The Hall–Kier alpha value is -2.18. The second-order valence-electron chi connectivity index (χ2n) is 7.02. The van der Waals surface area contributed by atoms with Crippen molar-refractivity contribution in [2.24, 2.45) is 5.92 Å². The van der Waals surface area contributed by atoms with Gasteiger partial charge >= 0.3 is 0 Å². The highest BCUT2D eigenvalue weighted by molar-refractivity contribution is 5.84. The normalized spacial score (nSPS) is 18.8. The number of hydrogen-bond acceptors (Lipinski definition) is 5. The van der Waals surface area contributed by atoms with E-state index in [-0.39, 0.29) is 11.8 Å². The monoisotopic (exact) mass is 342 g/mol. The number of amides is 1. The Bertz CT molecular complexity index is 762. The van der Waals surface area contributed by atoms with Crippen LogP contribution in [0.5, 0.6) is 0 Å². The van der Waals surface area contributed by atoms with Gasteiger partial charge in [0, 0.05) is 38.5 Å². The van der Waals surface area contributed by atoms with Crippen LogP contribution in [0.2, 0.25) is 0 Å². The molecule has 1 amide bonds. The van der Waals surface area contributed by atoms with E-state index in [1.807, 2.05) is 6.92 Å². The van der Waals surface area contributed by atoms with Crippen molar-refractivity contribution in [3.63, 3.8) is 0 Å². The first kappa shape index (κ1) is 16.3. The van der Waals surface area contributed by atoms with E-state index in [2.05, 4.69) is 24.8 Å². The van der Waals surface area contributed by atoms with E-state index in [0.29, 0.717) is 6.54 Å². The highest BCUT2D eigenvalue weighted by Gasteiger charge is 2.27. The number of piperidine rings is 1. The zero-order valence-electron chi connectivity index (χ0n) is 14.9. The summed E-state index contributed by atoms with van der Waals surface area (Å²) in [4.78, 5) is 28.3. The molecule has 0 spiro atoms. The number of hydrogen-bond donors (Lipinski definition) is 1. The Morgan fingerprint density at radius 2 is 2.04 bits per heavy atom. The molecule has 0 bridgehead atoms. The average Bonchev–Trinajstić information content (AvgIpc) is 2.83. The summed E-state index contributed by atoms with van der Waals surface area (Å²) in [6, 6.07) is 0. The number of imidazole rings is 1. The van der Waals surface area contributed by atoms with Crippen LogP contribution in [0.4, 0.5) is 5.82 Å². The number of aromatic nitrogens is 4. The lowest BCUT2D eigenvalue weighted by molar-refractivity contribution is -0.125. The molecular formula is C18H26N6O. The minimum Gasteiger partial charge on any atom is -0.356 e. The molecule has 2 aromatic rings. The minimum atomic E-state index is 0.118. The number of carbonyl (C=O) groups is 1. The SMILES string of the molecule is CCNC(=O)C1CCN(c2ncnc3c2nc2n3CCCCC2)CC1. The molecule has 1 fully saturated rings. The zero-order chi connectivity index (χ0) is 17.2. The van der Waals surface area contributed by atoms with Crippen molar-refractivity contribution in [2.45, 2.75) is 52.0 Å². The van der Waals surface area contributed by atoms with Crippen LogP contribution in [0.3, 0.4) is 0 Å². The maximum absolute atomic E-state index is 12.0. The van der Waals surface area contributed by atoms with E-state index >= 15 is 0 Å². The first-order chi connectivity index (χ1) is 12.3. The molecule has 0 atom stereocenters. The number of nitrogens with zero attached hydrogens (tertiary/aromatic N) is 5. The molecule has 4 rings (SSSR count). The van der Waals surface area contributed by atoms with Crippen molar-refractivity contribution in [1.29, 1.82) is 0 Å². The maximum atomic E-state index is 12.0. The van der Waals surface area contributed by atoms with Gasteiger partial charge in [-0.15, -0.1) is 0 Å². The molecule has 1 N–H and O–H groups in total. The highest BCUT2D eigenvalue weighted by Crippen LogP contribution is 2.29. The lowest BCUT2D eigenvalue weighted by atomic mass is 9.96. The Morgan fingerprint density at radius 1 is 1.20 bits per heavy atom. The van der Waals surface area contributed by atoms with Crippen molar-refractivity contribution in [2.75, 3.05) is 24.5 Å². The number of rotatable bonds is 3. The summed E-state index contributed by atoms with van der Waals surface area (Å²) >= 11 is 0. The standard InChI is InChI=1S/C18H26N6O/c1-2-19-18(25)13-7-10-23(11-8-13)16-15-17(21-12-20-16)24-9-5-3-4-6-14(24)22-15/h12-13H,2-11H2,1H3,(H,19,25). The van der Waals surface area contributed by atoms with Crippen molar-refractivity contribution < 1.29 is 4.79 Å². The third-order valence-electron chi connectivity index (χ3n) is 5.39. The number of aryl methyl sites for hydroxylation is 2. The lowest BCUT2D eigenvalue weighted by Gasteiger charge is -2.32. The molecule has 7 heteroatoms. The molecule has 0 aliphatic carbocycles. The molecule has 2 aromatic heterocycles. The largest absolute Gasteiger partial charge is 0.356 e. The number of anilines is 1. The minimum absolute atomic E-state index is 0.118. The fourth-order valence-corrected chi connectivity index (χ4v) is 4.03. The third kappa shape index (κ3) is 3.07. The van der Waals surface area contributed by atoms with Crippen molar-refractivity contribution >= 4 is 22.9 Å². The highest BCUT2D eigenvalue weighted by atomic mass is 16.1. The summed E-state index contributed by atoms with van der Waals surface area (Å²) in [5, 5.41) is 2.94. The van der Waals surface area contributed by atoms with Crippen LogP contribution in [-0.2, 0) is 17.8 Å². The second-order valence-corrected chi connectivity index (χ2v) is 7.02. The fraction of sp³-hybridized carbons (Fsp3) is 0.667. The average molecular weight is 342 g/mol. The van der Waals surface area contributed by atoms with Crippen LogP contribution < -0.4 is 10.2 Å². The van der Waals surface area contributed by atoms with Gasteiger partial charge in [-0.1, -0.05) is 6.42 Å². The number of carbonyl (C=O) groups excluding carboxylic acids is 1. The summed E-state index contributed by atoms with van der Waals surface area (Å²) in [5.74, 6) is 2.38. The van der Waals surface area contributed by atoms with Crippen LogP contribution in [-0.4, -0.2) is 45.1 Å². The molecule has 134 valence electrons. The molecule has 0 unspecified atom stereocenters. The third-order valence-corrected chi connectivity index (χ3v) is 5.39. The van der Waals surface area contributed by atoms with Gasteiger partial charge in [0.2, 0.25) is 5.91 Å². The van der Waals surface area contributed by atoms with Gasteiger partial charge in [0.15, 0.2) is 17.0 Å². The van der Waals surface area contributed by atoms with Crippen molar-refractivity contribution in [3.05, 3.63) is 12.2 Å². The van der Waals surface area contributed by atoms with Gasteiger partial charge in [-0.05, 0) is 32.6 Å². The Labute approximate surface area is 147 Å². The summed E-state index contributed by atoms with van der Waals surface area (Å²) in [6.45, 7) is 5.35. The van der Waals surface area contributed by atoms with Crippen LogP contribution in [0, 0.1) is 5.92 Å². The topological polar surface area (TPSA) is 75.9 Å². The quantitative estimate of drug-likeness (QED) is 0.922. The van der Waals surface area contributed by atoms with E-state index in [1.54, 1.807) is 6.33 Å². The van der Waals surface area contributed by atoms with E-state index in [0.717, 1.165) is 61.7 Å². The number of fused-ring (bicyclic) bond motifs is 3. The second kappa shape index (κ2) is 6.98. The summed E-state index contributed by atoms with van der Waals surface area (Å²) in [5.41, 5.74) is 1.89. The van der Waals surface area contributed by atoms with Gasteiger partial charge in [-0.3, -0.25) is 4.79 Å². The van der Waals surface area contributed by atoms with Gasteiger partial charge < -0.3 is 14.8 Å². The predicted molar refractivity (Wildman–Crippen MR) is 96.5 cm³/mol. The van der Waals surface area contributed by atoms with Gasteiger partial charge in [0.1, 0.15) is 12.2 Å². The molecule has 0 saturated carbocycles. The van der Waals surface area contributed by atoms with Crippen LogP contribution in [0.25, 0.3) is 11.2 Å². The van der Waals surface area contributed by atoms with Gasteiger partial charge in [-0.25, -0.2) is 15.0 Å². The summed E-state index contributed by atoms with van der Waals surface area (Å²) in [7, 11) is 0.